The summed E-state index contributed by atoms with van der Waals surface area (Å²) in [4.78, 5) is 15.4. The van der Waals surface area contributed by atoms with Crippen molar-refractivity contribution < 1.29 is 19.4 Å². The Morgan fingerprint density at radius 1 is 1.24 bits per heavy atom. The summed E-state index contributed by atoms with van der Waals surface area (Å²) in [5, 5.41) is 14.3. The van der Waals surface area contributed by atoms with Gasteiger partial charge in [-0.25, -0.2) is 9.79 Å². The number of nitrogens with one attached hydrogen (secondary N) is 2. The summed E-state index contributed by atoms with van der Waals surface area (Å²) < 4.78 is 11.4. The standard InChI is InChI=1S/C18H17N3O4/c22-18(23)19-12-5-6-14-11(9-12)10-25-17(20-14)21-15-7-8-24-16-4-2-1-3-13(15)16/h1-6,9,15,19H,7-8,10H2,(H,20,21)(H,22,23). The van der Waals surface area contributed by atoms with Crippen LogP contribution in [-0.4, -0.2) is 23.8 Å². The molecule has 1 amide bonds. The number of aliphatic imine (C=N–C) groups is 1. The molecule has 1 atom stereocenters. The summed E-state index contributed by atoms with van der Waals surface area (Å²) in [6.45, 7) is 0.959. The molecule has 0 fully saturated rings. The maximum Gasteiger partial charge on any atom is 0.409 e. The van der Waals surface area contributed by atoms with Gasteiger partial charge in [-0.1, -0.05) is 18.2 Å². The van der Waals surface area contributed by atoms with Crippen molar-refractivity contribution in [1.82, 2.24) is 0 Å². The first-order valence-electron chi connectivity index (χ1n) is 8.01. The predicted octanol–water partition coefficient (Wildman–Crippen LogP) is 3.60. The van der Waals surface area contributed by atoms with Gasteiger partial charge in [0, 0.05) is 28.9 Å². The first-order valence-corrected chi connectivity index (χ1v) is 8.01. The third-order valence-electron chi connectivity index (χ3n) is 4.16. The van der Waals surface area contributed by atoms with E-state index < -0.39 is 6.09 Å². The molecule has 2 aromatic rings. The molecular weight excluding hydrogens is 322 g/mol. The van der Waals surface area contributed by atoms with Gasteiger partial charge in [0.1, 0.15) is 12.4 Å². The third-order valence-corrected chi connectivity index (χ3v) is 4.16. The minimum absolute atomic E-state index is 0.0121. The highest BCUT2D eigenvalue weighted by Gasteiger charge is 2.23. The number of amides is 1. The van der Waals surface area contributed by atoms with E-state index in [1.54, 1.807) is 12.1 Å². The van der Waals surface area contributed by atoms with Crippen LogP contribution in [-0.2, 0) is 11.3 Å². The zero-order valence-corrected chi connectivity index (χ0v) is 13.4. The molecule has 2 aliphatic rings. The van der Waals surface area contributed by atoms with Crippen molar-refractivity contribution in [3.05, 3.63) is 53.6 Å². The number of nitrogens with zero attached hydrogens (tertiary/aromatic N) is 1. The lowest BCUT2D eigenvalue weighted by molar-refractivity contribution is 0.209. The molecule has 3 N–H and O–H groups in total. The molecule has 25 heavy (non-hydrogen) atoms. The van der Waals surface area contributed by atoms with Crippen LogP contribution in [0.15, 0.2) is 47.5 Å². The van der Waals surface area contributed by atoms with Crippen LogP contribution in [0, 0.1) is 0 Å². The maximum atomic E-state index is 10.7. The molecule has 0 radical (unpaired) electrons. The summed E-state index contributed by atoms with van der Waals surface area (Å²) >= 11 is 0. The average Bonchev–Trinajstić information content (AvgIpc) is 2.62. The fourth-order valence-electron chi connectivity index (χ4n) is 3.00. The van der Waals surface area contributed by atoms with E-state index in [4.69, 9.17) is 19.6 Å². The Kier molecular flexibility index (Phi) is 3.89. The number of benzene rings is 2. The van der Waals surface area contributed by atoms with Gasteiger partial charge in [0.25, 0.3) is 6.02 Å². The molecule has 0 aromatic heterocycles. The Morgan fingerprint density at radius 2 is 2.12 bits per heavy atom. The van der Waals surface area contributed by atoms with Crippen molar-refractivity contribution in [2.45, 2.75) is 19.1 Å². The Morgan fingerprint density at radius 3 is 3.00 bits per heavy atom. The molecule has 1 unspecified atom stereocenters. The van der Waals surface area contributed by atoms with E-state index in [0.717, 1.165) is 29.0 Å². The number of fused-ring (bicyclic) bond motifs is 2. The number of anilines is 2. The van der Waals surface area contributed by atoms with Crippen LogP contribution in [0.5, 0.6) is 5.75 Å². The van der Waals surface area contributed by atoms with Crippen molar-refractivity contribution in [2.75, 3.05) is 17.2 Å². The van der Waals surface area contributed by atoms with Crippen LogP contribution in [0.4, 0.5) is 16.2 Å². The van der Waals surface area contributed by atoms with Gasteiger partial charge in [-0.05, 0) is 24.3 Å². The molecule has 2 heterocycles. The normalized spacial score (nSPS) is 19.7. The molecule has 7 nitrogen and oxygen atoms in total. The lowest BCUT2D eigenvalue weighted by Crippen LogP contribution is -2.24. The van der Waals surface area contributed by atoms with E-state index in [0.29, 0.717) is 24.9 Å². The van der Waals surface area contributed by atoms with Crippen molar-refractivity contribution in [2.24, 2.45) is 4.99 Å². The van der Waals surface area contributed by atoms with Crippen molar-refractivity contribution >= 4 is 23.5 Å². The van der Waals surface area contributed by atoms with Crippen LogP contribution in [0.2, 0.25) is 0 Å². The number of hydrogen-bond donors (Lipinski definition) is 3. The van der Waals surface area contributed by atoms with Gasteiger partial charge in [0.05, 0.1) is 12.6 Å². The van der Waals surface area contributed by atoms with Crippen LogP contribution < -0.4 is 15.4 Å². The predicted molar refractivity (Wildman–Crippen MR) is 93.2 cm³/mol. The molecule has 4 rings (SSSR count). The summed E-state index contributed by atoms with van der Waals surface area (Å²) in [6.07, 6.45) is -0.301. The summed E-state index contributed by atoms with van der Waals surface area (Å²) in [5.41, 5.74) is 3.30. The highest BCUT2D eigenvalue weighted by molar-refractivity contribution is 5.92. The van der Waals surface area contributed by atoms with E-state index in [1.807, 2.05) is 30.3 Å². The molecule has 0 spiro atoms. The van der Waals surface area contributed by atoms with Gasteiger partial charge < -0.3 is 19.9 Å². The summed E-state index contributed by atoms with van der Waals surface area (Å²) in [5.74, 6) is 0.865. The molecule has 7 heteroatoms. The smallest absolute Gasteiger partial charge is 0.409 e. The summed E-state index contributed by atoms with van der Waals surface area (Å²) in [6, 6.07) is 13.6. The van der Waals surface area contributed by atoms with Crippen molar-refractivity contribution in [3.63, 3.8) is 0 Å². The number of hydrogen-bond acceptors (Lipinski definition) is 4. The topological polar surface area (TPSA) is 92.2 Å². The lowest BCUT2D eigenvalue weighted by Gasteiger charge is -2.26. The third kappa shape index (κ3) is 3.21. The highest BCUT2D eigenvalue weighted by atomic mass is 16.5. The fraction of sp³-hybridized carbons (Fsp3) is 0.222. The molecule has 128 valence electrons. The first-order chi connectivity index (χ1) is 12.2. The molecule has 2 aromatic carbocycles. The fourth-order valence-corrected chi connectivity index (χ4v) is 3.00. The first kappa shape index (κ1) is 15.3. The highest BCUT2D eigenvalue weighted by Crippen LogP contribution is 2.35. The number of ether oxygens (including phenoxy) is 2. The number of para-hydroxylation sites is 1. The van der Waals surface area contributed by atoms with E-state index in [9.17, 15) is 4.79 Å². The van der Waals surface area contributed by atoms with E-state index in [2.05, 4.69) is 10.6 Å². The SMILES string of the molecule is O=C(O)Nc1ccc2c(c1)COC(=NC1CCOc3ccccc31)N2. The molecular formula is C18H17N3O4. The van der Waals surface area contributed by atoms with Gasteiger partial charge in [0.2, 0.25) is 0 Å². The van der Waals surface area contributed by atoms with Crippen LogP contribution in [0.1, 0.15) is 23.6 Å². The Bertz CT molecular complexity index is 850. The van der Waals surface area contributed by atoms with Gasteiger partial charge in [-0.3, -0.25) is 5.32 Å². The van der Waals surface area contributed by atoms with Crippen LogP contribution in [0.25, 0.3) is 0 Å². The van der Waals surface area contributed by atoms with Gasteiger partial charge >= 0.3 is 6.09 Å². The Balaban J connectivity index is 1.55. The number of carbonyl (C=O) groups is 1. The number of carboxylic acid groups (broad SMARTS) is 1. The maximum absolute atomic E-state index is 10.7. The van der Waals surface area contributed by atoms with Crippen molar-refractivity contribution in [1.29, 1.82) is 0 Å². The minimum atomic E-state index is -1.09. The monoisotopic (exact) mass is 339 g/mol. The summed E-state index contributed by atoms with van der Waals surface area (Å²) in [7, 11) is 0. The van der Waals surface area contributed by atoms with Gasteiger partial charge in [-0.2, -0.15) is 0 Å². The molecule has 2 aliphatic heterocycles. The van der Waals surface area contributed by atoms with E-state index in [1.165, 1.54) is 0 Å². The lowest BCUT2D eigenvalue weighted by atomic mass is 10.0. The van der Waals surface area contributed by atoms with E-state index in [-0.39, 0.29) is 6.04 Å². The molecule has 0 bridgehead atoms. The molecule has 0 saturated heterocycles. The second kappa shape index (κ2) is 6.35. The molecule has 0 aliphatic carbocycles. The zero-order chi connectivity index (χ0) is 17.2. The number of amidine groups is 1. The zero-order valence-electron chi connectivity index (χ0n) is 13.4. The Hall–Kier alpha value is -3.22. The van der Waals surface area contributed by atoms with Crippen molar-refractivity contribution in [3.8, 4) is 5.75 Å². The second-order valence-corrected chi connectivity index (χ2v) is 5.84. The Labute approximate surface area is 144 Å². The van der Waals surface area contributed by atoms with Gasteiger partial charge in [0.15, 0.2) is 0 Å². The number of rotatable bonds is 2. The van der Waals surface area contributed by atoms with Crippen LogP contribution in [0.3, 0.4) is 0 Å². The molecule has 0 saturated carbocycles. The van der Waals surface area contributed by atoms with Crippen LogP contribution >= 0.6 is 0 Å². The average molecular weight is 339 g/mol. The van der Waals surface area contributed by atoms with E-state index >= 15 is 0 Å². The quantitative estimate of drug-likeness (QED) is 0.777. The largest absolute Gasteiger partial charge is 0.493 e. The minimum Gasteiger partial charge on any atom is -0.493 e. The van der Waals surface area contributed by atoms with Gasteiger partial charge in [-0.15, -0.1) is 0 Å². The second-order valence-electron chi connectivity index (χ2n) is 5.84.